The van der Waals surface area contributed by atoms with Crippen molar-refractivity contribution < 1.29 is 0 Å². The summed E-state index contributed by atoms with van der Waals surface area (Å²) in [6.45, 7) is 16.0. The number of unbranched alkanes of at least 4 members (excludes halogenated alkanes) is 2. The van der Waals surface area contributed by atoms with Crippen molar-refractivity contribution >= 4 is 15.7 Å². The van der Waals surface area contributed by atoms with Gasteiger partial charge in [-0.05, 0) is 30.1 Å². The molecule has 0 rings (SSSR count). The van der Waals surface area contributed by atoms with Crippen LogP contribution in [0.25, 0.3) is 0 Å². The van der Waals surface area contributed by atoms with Crippen LogP contribution >= 0.6 is 0 Å². The number of allylic oxidation sites excluding steroid dienone is 1. The molecule has 0 spiro atoms. The molecule has 0 heterocycles. The molecule has 0 N–H and O–H groups in total. The van der Waals surface area contributed by atoms with Gasteiger partial charge in [0.05, 0.1) is 15.7 Å². The maximum absolute atomic E-state index is 4.03. The van der Waals surface area contributed by atoms with E-state index >= 15 is 0 Å². The molecule has 0 aromatic rings. The average molecular weight is 304 g/mol. The molecule has 0 fully saturated rings. The monoisotopic (exact) mass is 304 g/mol. The molecule has 0 aliphatic rings. The van der Waals surface area contributed by atoms with Crippen molar-refractivity contribution in [2.45, 2.75) is 104 Å². The maximum atomic E-state index is 4.03. The number of rotatable bonds is 13. The van der Waals surface area contributed by atoms with Crippen molar-refractivity contribution in [2.75, 3.05) is 0 Å². The predicted octanol–water partition coefficient (Wildman–Crippen LogP) is 5.53. The lowest BCUT2D eigenvalue weighted by molar-refractivity contribution is 0.139. The van der Waals surface area contributed by atoms with Crippen LogP contribution < -0.4 is 0 Å². The van der Waals surface area contributed by atoms with Crippen molar-refractivity contribution in [3.63, 3.8) is 0 Å². The number of hydrogen-bond donors (Lipinski definition) is 0. The van der Waals surface area contributed by atoms with Crippen molar-refractivity contribution in [2.24, 2.45) is 10.8 Å². The second-order valence-corrected chi connectivity index (χ2v) is 8.53. The lowest BCUT2D eigenvalue weighted by Gasteiger charge is -2.50. The van der Waals surface area contributed by atoms with E-state index in [4.69, 9.17) is 0 Å². The topological polar surface area (TPSA) is 0 Å². The van der Waals surface area contributed by atoms with Gasteiger partial charge in [0.2, 0.25) is 0 Å². The fraction of sp³-hybridized carbons (Fsp3) is 0.900. The summed E-state index contributed by atoms with van der Waals surface area (Å²) in [6.07, 6.45) is 15.4. The van der Waals surface area contributed by atoms with E-state index in [-0.39, 0.29) is 0 Å². The van der Waals surface area contributed by atoms with E-state index in [9.17, 15) is 0 Å². The van der Waals surface area contributed by atoms with Gasteiger partial charge in [0.1, 0.15) is 0 Å². The van der Waals surface area contributed by atoms with E-state index in [0.717, 1.165) is 0 Å². The molecule has 2 heteroatoms. The molecule has 0 aliphatic heterocycles. The first-order chi connectivity index (χ1) is 10.3. The van der Waals surface area contributed by atoms with Crippen LogP contribution in [0.1, 0.15) is 98.8 Å². The largest absolute Gasteiger partial charge is 0.103 e. The summed E-state index contributed by atoms with van der Waals surface area (Å²) in [4.78, 5) is 0. The van der Waals surface area contributed by atoms with Crippen LogP contribution in [0, 0.1) is 10.8 Å². The third-order valence-corrected chi connectivity index (χ3v) is 6.66. The average Bonchev–Trinajstić information content (AvgIpc) is 2.47. The van der Waals surface area contributed by atoms with Gasteiger partial charge in [-0.25, -0.2) is 0 Å². The molecule has 1 atom stereocenters. The van der Waals surface area contributed by atoms with Crippen LogP contribution in [-0.2, 0) is 0 Å². The molecule has 0 saturated heterocycles. The molecule has 0 nitrogen and oxygen atoms in total. The predicted molar refractivity (Wildman–Crippen MR) is 109 cm³/mol. The van der Waals surface area contributed by atoms with Gasteiger partial charge in [-0.3, -0.25) is 0 Å². The quantitative estimate of drug-likeness (QED) is 0.238. The van der Waals surface area contributed by atoms with Crippen LogP contribution in [0.3, 0.4) is 0 Å². The molecule has 0 aromatic heterocycles. The van der Waals surface area contributed by atoms with Gasteiger partial charge in [0, 0.05) is 0 Å². The molecule has 0 aliphatic carbocycles. The van der Waals surface area contributed by atoms with Gasteiger partial charge in [0.25, 0.3) is 0 Å². The molecule has 0 saturated carbocycles. The molecule has 0 bridgehead atoms. The summed E-state index contributed by atoms with van der Waals surface area (Å²) >= 11 is 0. The Morgan fingerprint density at radius 3 is 1.91 bits per heavy atom. The van der Waals surface area contributed by atoms with Gasteiger partial charge in [-0.15, -0.1) is 6.58 Å². The molecule has 0 radical (unpaired) electrons. The standard InChI is InChI=1S/C20H42B2/c1-7-12-13-16-18(6,14-8-2)20(21,22)17-19(10-4,11-5)15-9-3/h9H,3,7-8,10-17,21-22H2,1-2,4-6H3. The minimum absolute atomic E-state index is 0.395. The van der Waals surface area contributed by atoms with Gasteiger partial charge in [0.15, 0.2) is 0 Å². The highest BCUT2D eigenvalue weighted by Gasteiger charge is 2.43. The molecule has 22 heavy (non-hydrogen) atoms. The molecule has 0 amide bonds. The summed E-state index contributed by atoms with van der Waals surface area (Å²) in [6, 6.07) is 0. The smallest absolute Gasteiger partial charge is 0.0999 e. The maximum Gasteiger partial charge on any atom is 0.0999 e. The van der Waals surface area contributed by atoms with Crippen LogP contribution in [-0.4, -0.2) is 15.7 Å². The van der Waals surface area contributed by atoms with E-state index in [0.29, 0.717) is 16.0 Å². The molecular weight excluding hydrogens is 262 g/mol. The zero-order valence-corrected chi connectivity index (χ0v) is 16.9. The van der Waals surface area contributed by atoms with E-state index in [1.54, 1.807) is 0 Å². The van der Waals surface area contributed by atoms with Crippen LogP contribution in [0.5, 0.6) is 0 Å². The molecule has 128 valence electrons. The minimum atomic E-state index is 0.395. The Hall–Kier alpha value is -0.130. The van der Waals surface area contributed by atoms with Crippen molar-refractivity contribution in [1.29, 1.82) is 0 Å². The van der Waals surface area contributed by atoms with E-state index in [1.807, 2.05) is 0 Å². The first kappa shape index (κ1) is 21.9. The van der Waals surface area contributed by atoms with E-state index in [2.05, 4.69) is 63.0 Å². The van der Waals surface area contributed by atoms with Crippen molar-refractivity contribution in [1.82, 2.24) is 0 Å². The van der Waals surface area contributed by atoms with Gasteiger partial charge in [-0.2, -0.15) is 0 Å². The summed E-state index contributed by atoms with van der Waals surface area (Å²) in [5, 5.41) is 0.395. The third-order valence-electron chi connectivity index (χ3n) is 6.66. The SMILES string of the molecule is BC(B)(CC(CC)(CC)CC=C)C(C)(CCC)CCCCC. The Morgan fingerprint density at radius 1 is 0.909 bits per heavy atom. The molecule has 0 aromatic carbocycles. The highest BCUT2D eigenvalue weighted by molar-refractivity contribution is 6.40. The Labute approximate surface area is 143 Å². The Kier molecular flexibility index (Phi) is 9.83. The minimum Gasteiger partial charge on any atom is -0.103 e. The fourth-order valence-corrected chi connectivity index (χ4v) is 4.44. The second-order valence-electron chi connectivity index (χ2n) is 8.53. The lowest BCUT2D eigenvalue weighted by Crippen LogP contribution is -2.40. The van der Waals surface area contributed by atoms with Crippen LogP contribution in [0.2, 0.25) is 5.21 Å². The first-order valence-corrected chi connectivity index (χ1v) is 9.87. The Morgan fingerprint density at radius 2 is 1.50 bits per heavy atom. The third kappa shape index (κ3) is 5.82. The zero-order chi connectivity index (χ0) is 17.3. The van der Waals surface area contributed by atoms with E-state index < -0.39 is 0 Å². The Bertz CT molecular complexity index is 305. The highest BCUT2D eigenvalue weighted by atomic mass is 14.4. The van der Waals surface area contributed by atoms with Gasteiger partial charge < -0.3 is 0 Å². The Balaban J connectivity index is 5.26. The van der Waals surface area contributed by atoms with Gasteiger partial charge in [-0.1, -0.05) is 90.9 Å². The van der Waals surface area contributed by atoms with Crippen LogP contribution in [0.4, 0.5) is 0 Å². The first-order valence-electron chi connectivity index (χ1n) is 9.87. The van der Waals surface area contributed by atoms with Gasteiger partial charge >= 0.3 is 0 Å². The van der Waals surface area contributed by atoms with Crippen molar-refractivity contribution in [3.05, 3.63) is 12.7 Å². The van der Waals surface area contributed by atoms with E-state index in [1.165, 1.54) is 64.2 Å². The van der Waals surface area contributed by atoms with Crippen molar-refractivity contribution in [3.8, 4) is 0 Å². The zero-order valence-electron chi connectivity index (χ0n) is 16.9. The molecular formula is C20H42B2. The summed E-state index contributed by atoms with van der Waals surface area (Å²) in [7, 11) is 5.08. The lowest BCUT2D eigenvalue weighted by atomic mass is 9.37. The second kappa shape index (κ2) is 9.89. The summed E-state index contributed by atoms with van der Waals surface area (Å²) < 4.78 is 0. The number of hydrogen-bond acceptors (Lipinski definition) is 0. The normalized spacial score (nSPS) is 15.5. The highest BCUT2D eigenvalue weighted by Crippen LogP contribution is 2.55. The van der Waals surface area contributed by atoms with Crippen LogP contribution in [0.15, 0.2) is 12.7 Å². The molecule has 1 unspecified atom stereocenters. The summed E-state index contributed by atoms with van der Waals surface area (Å²) in [5.74, 6) is 0. The summed E-state index contributed by atoms with van der Waals surface area (Å²) in [5.41, 5.74) is 0.915. The fourth-order valence-electron chi connectivity index (χ4n) is 4.44.